The van der Waals surface area contributed by atoms with E-state index in [1.54, 1.807) is 77.7 Å². The number of hydrogen-bond acceptors (Lipinski definition) is 7. The first-order chi connectivity index (χ1) is 18.8. The normalized spacial score (nSPS) is 13.7. The van der Waals surface area contributed by atoms with E-state index >= 15 is 0 Å². The van der Waals surface area contributed by atoms with Gasteiger partial charge in [-0.15, -0.1) is 0 Å². The third-order valence-corrected chi connectivity index (χ3v) is 7.11. The SMILES string of the molecule is CS(=O)(=O)N(Cc1ccc(C(=O)N/N=C\c2ccc(OCC(=O)N3CCOCC3)cc2)cc1)c1ccccc1. The molecular weight excluding hydrogens is 520 g/mol. The van der Waals surface area contributed by atoms with Crippen molar-refractivity contribution < 1.29 is 27.5 Å². The van der Waals surface area contributed by atoms with Crippen molar-refractivity contribution in [3.05, 3.63) is 95.6 Å². The Kier molecular flexibility index (Phi) is 9.29. The van der Waals surface area contributed by atoms with Gasteiger partial charge >= 0.3 is 0 Å². The molecule has 1 fully saturated rings. The number of benzene rings is 3. The van der Waals surface area contributed by atoms with Gasteiger partial charge < -0.3 is 14.4 Å². The fourth-order valence-corrected chi connectivity index (χ4v) is 4.74. The van der Waals surface area contributed by atoms with E-state index in [-0.39, 0.29) is 19.1 Å². The maximum atomic E-state index is 12.5. The molecule has 0 radical (unpaired) electrons. The number of amides is 2. The number of ether oxygens (including phenoxy) is 2. The fourth-order valence-electron chi connectivity index (χ4n) is 3.85. The van der Waals surface area contributed by atoms with Crippen LogP contribution in [-0.4, -0.2) is 70.5 Å². The lowest BCUT2D eigenvalue weighted by Gasteiger charge is -2.26. The van der Waals surface area contributed by atoms with E-state index in [0.29, 0.717) is 43.3 Å². The Morgan fingerprint density at radius 2 is 1.67 bits per heavy atom. The van der Waals surface area contributed by atoms with Crippen LogP contribution >= 0.6 is 0 Å². The molecule has 0 saturated carbocycles. The van der Waals surface area contributed by atoms with E-state index < -0.39 is 15.9 Å². The molecule has 0 aromatic heterocycles. The molecule has 1 aliphatic rings. The largest absolute Gasteiger partial charge is 0.484 e. The lowest BCUT2D eigenvalue weighted by atomic mass is 10.1. The molecule has 0 aliphatic carbocycles. The van der Waals surface area contributed by atoms with Gasteiger partial charge in [0.1, 0.15) is 5.75 Å². The van der Waals surface area contributed by atoms with Crippen molar-refractivity contribution in [2.45, 2.75) is 6.54 Å². The molecule has 1 aliphatic heterocycles. The zero-order valence-electron chi connectivity index (χ0n) is 21.5. The molecule has 3 aromatic rings. The summed E-state index contributed by atoms with van der Waals surface area (Å²) in [5.41, 5.74) is 4.90. The first-order valence-electron chi connectivity index (χ1n) is 12.3. The Bertz CT molecular complexity index is 1390. The van der Waals surface area contributed by atoms with Gasteiger partial charge in [0, 0.05) is 18.7 Å². The number of carbonyl (C=O) groups excluding carboxylic acids is 2. The summed E-state index contributed by atoms with van der Waals surface area (Å²) in [5.74, 6) is 0.0746. The van der Waals surface area contributed by atoms with Crippen molar-refractivity contribution in [2.24, 2.45) is 5.10 Å². The maximum Gasteiger partial charge on any atom is 0.271 e. The third-order valence-electron chi connectivity index (χ3n) is 5.97. The first-order valence-corrected chi connectivity index (χ1v) is 14.2. The van der Waals surface area contributed by atoms with Crippen molar-refractivity contribution >= 4 is 33.7 Å². The second-order valence-electron chi connectivity index (χ2n) is 8.85. The van der Waals surface area contributed by atoms with Gasteiger partial charge in [-0.05, 0) is 59.7 Å². The number of para-hydroxylation sites is 1. The highest BCUT2D eigenvalue weighted by Crippen LogP contribution is 2.20. The Morgan fingerprint density at radius 3 is 2.31 bits per heavy atom. The molecule has 204 valence electrons. The molecule has 0 bridgehead atoms. The van der Waals surface area contributed by atoms with Crippen LogP contribution in [0.3, 0.4) is 0 Å². The average molecular weight is 551 g/mol. The van der Waals surface area contributed by atoms with Crippen LogP contribution in [0.1, 0.15) is 21.5 Å². The maximum absolute atomic E-state index is 12.5. The fraction of sp³-hybridized carbons (Fsp3) is 0.250. The summed E-state index contributed by atoms with van der Waals surface area (Å²) in [7, 11) is -3.49. The van der Waals surface area contributed by atoms with Crippen LogP contribution in [-0.2, 0) is 26.1 Å². The van der Waals surface area contributed by atoms with Crippen molar-refractivity contribution in [3.63, 3.8) is 0 Å². The van der Waals surface area contributed by atoms with Gasteiger partial charge in [0.15, 0.2) is 6.61 Å². The first kappa shape index (κ1) is 27.8. The molecule has 0 unspecified atom stereocenters. The Hall–Kier alpha value is -4.22. The summed E-state index contributed by atoms with van der Waals surface area (Å²) >= 11 is 0. The van der Waals surface area contributed by atoms with E-state index in [4.69, 9.17) is 9.47 Å². The molecule has 2 amide bonds. The standard InChI is InChI=1S/C28H30N4O6S/c1-39(35,36)32(25-5-3-2-4-6-25)20-23-7-11-24(12-8-23)28(34)30-29-19-22-9-13-26(14-10-22)38-21-27(33)31-15-17-37-18-16-31/h2-14,19H,15-18,20-21H2,1H3,(H,30,34)/b29-19-. The number of sulfonamides is 1. The third kappa shape index (κ3) is 8.13. The predicted octanol–water partition coefficient (Wildman–Crippen LogP) is 2.65. The molecule has 0 spiro atoms. The molecule has 39 heavy (non-hydrogen) atoms. The van der Waals surface area contributed by atoms with Crippen LogP contribution in [0.4, 0.5) is 5.69 Å². The van der Waals surface area contributed by atoms with Crippen LogP contribution in [0.15, 0.2) is 84.0 Å². The number of nitrogens with one attached hydrogen (secondary N) is 1. The molecule has 1 saturated heterocycles. The minimum atomic E-state index is -3.49. The number of hydrazone groups is 1. The zero-order chi connectivity index (χ0) is 27.7. The molecule has 3 aromatic carbocycles. The molecular formula is C28H30N4O6S. The van der Waals surface area contributed by atoms with Crippen LogP contribution in [0, 0.1) is 0 Å². The molecule has 11 heteroatoms. The van der Waals surface area contributed by atoms with Gasteiger partial charge in [-0.25, -0.2) is 13.8 Å². The Balaban J connectivity index is 1.27. The van der Waals surface area contributed by atoms with E-state index in [1.165, 1.54) is 10.5 Å². The second kappa shape index (κ2) is 13.0. The summed E-state index contributed by atoms with van der Waals surface area (Å²) < 4.78 is 36.7. The number of morpholine rings is 1. The van der Waals surface area contributed by atoms with Gasteiger partial charge in [0.2, 0.25) is 10.0 Å². The van der Waals surface area contributed by atoms with Gasteiger partial charge in [0.05, 0.1) is 37.9 Å². The lowest BCUT2D eigenvalue weighted by Crippen LogP contribution is -2.42. The second-order valence-corrected chi connectivity index (χ2v) is 10.8. The van der Waals surface area contributed by atoms with Crippen molar-refractivity contribution in [2.75, 3.05) is 43.5 Å². The molecule has 1 heterocycles. The monoisotopic (exact) mass is 550 g/mol. The number of rotatable bonds is 10. The summed E-state index contributed by atoms with van der Waals surface area (Å²) in [6.07, 6.45) is 2.66. The highest BCUT2D eigenvalue weighted by atomic mass is 32.2. The minimum absolute atomic E-state index is 0.0408. The molecule has 10 nitrogen and oxygen atoms in total. The van der Waals surface area contributed by atoms with E-state index in [9.17, 15) is 18.0 Å². The highest BCUT2D eigenvalue weighted by Gasteiger charge is 2.18. The van der Waals surface area contributed by atoms with Crippen LogP contribution in [0.25, 0.3) is 0 Å². The van der Waals surface area contributed by atoms with Crippen molar-refractivity contribution in [1.82, 2.24) is 10.3 Å². The quantitative estimate of drug-likeness (QED) is 0.306. The van der Waals surface area contributed by atoms with Gasteiger partial charge in [-0.3, -0.25) is 13.9 Å². The zero-order valence-corrected chi connectivity index (χ0v) is 22.3. The molecule has 4 rings (SSSR count). The summed E-state index contributed by atoms with van der Waals surface area (Å²) in [6.45, 7) is 2.33. The number of anilines is 1. The Labute approximate surface area is 227 Å². The summed E-state index contributed by atoms with van der Waals surface area (Å²) in [6, 6.07) is 22.5. The summed E-state index contributed by atoms with van der Waals surface area (Å²) in [4.78, 5) is 26.4. The van der Waals surface area contributed by atoms with Crippen molar-refractivity contribution in [1.29, 1.82) is 0 Å². The number of hydrogen-bond donors (Lipinski definition) is 1. The van der Waals surface area contributed by atoms with E-state index in [1.807, 2.05) is 6.07 Å². The lowest BCUT2D eigenvalue weighted by molar-refractivity contribution is -0.137. The molecule has 0 atom stereocenters. The average Bonchev–Trinajstić information content (AvgIpc) is 2.96. The van der Waals surface area contributed by atoms with Gasteiger partial charge in [-0.1, -0.05) is 30.3 Å². The molecule has 1 N–H and O–H groups in total. The highest BCUT2D eigenvalue weighted by molar-refractivity contribution is 7.92. The number of nitrogens with zero attached hydrogens (tertiary/aromatic N) is 3. The smallest absolute Gasteiger partial charge is 0.271 e. The Morgan fingerprint density at radius 1 is 1.00 bits per heavy atom. The van der Waals surface area contributed by atoms with Crippen molar-refractivity contribution in [3.8, 4) is 5.75 Å². The van der Waals surface area contributed by atoms with Crippen LogP contribution < -0.4 is 14.5 Å². The topological polar surface area (TPSA) is 118 Å². The minimum Gasteiger partial charge on any atom is -0.484 e. The number of carbonyl (C=O) groups is 2. The van der Waals surface area contributed by atoms with Gasteiger partial charge in [0.25, 0.3) is 11.8 Å². The van der Waals surface area contributed by atoms with E-state index in [0.717, 1.165) is 17.4 Å². The van der Waals surface area contributed by atoms with Gasteiger partial charge in [-0.2, -0.15) is 5.10 Å². The van der Waals surface area contributed by atoms with Crippen LogP contribution in [0.2, 0.25) is 0 Å². The predicted molar refractivity (Wildman–Crippen MR) is 148 cm³/mol. The summed E-state index contributed by atoms with van der Waals surface area (Å²) in [5, 5.41) is 4.00. The van der Waals surface area contributed by atoms with E-state index in [2.05, 4.69) is 10.5 Å². The van der Waals surface area contributed by atoms with Crippen LogP contribution in [0.5, 0.6) is 5.75 Å².